The fraction of sp³-hybridized carbons (Fsp3) is 0.923. The summed E-state index contributed by atoms with van der Waals surface area (Å²) in [6, 6.07) is 0. The molecule has 0 aromatic carbocycles. The Balaban J connectivity index is 2.42. The van der Waals surface area contributed by atoms with Gasteiger partial charge in [0.05, 0.1) is 14.2 Å². The van der Waals surface area contributed by atoms with Crippen molar-refractivity contribution in [3.05, 3.63) is 0 Å². The Hall–Kier alpha value is -0.153. The molecule has 0 radical (unpaired) electrons. The lowest BCUT2D eigenvalue weighted by Gasteiger charge is -2.45. The summed E-state index contributed by atoms with van der Waals surface area (Å²) in [7, 11) is -1.51. The first-order chi connectivity index (χ1) is 7.34. The quantitative estimate of drug-likeness (QED) is 0.770. The summed E-state index contributed by atoms with van der Waals surface area (Å²) in [4.78, 5) is 12.2. The molecule has 0 saturated heterocycles. The first-order valence-corrected chi connectivity index (χ1v) is 10.1. The van der Waals surface area contributed by atoms with E-state index in [-0.39, 0.29) is 17.1 Å². The average Bonchev–Trinajstić information content (AvgIpc) is 2.68. The van der Waals surface area contributed by atoms with Crippen molar-refractivity contribution in [1.29, 1.82) is 0 Å². The third kappa shape index (κ3) is 1.37. The number of carbonyl (C=O) groups is 1. The largest absolute Gasteiger partial charge is 0.393 e. The molecule has 16 heavy (non-hydrogen) atoms. The second-order valence-electron chi connectivity index (χ2n) is 6.64. The summed E-state index contributed by atoms with van der Waals surface area (Å²) in [5, 5.41) is 10.4. The Morgan fingerprint density at radius 2 is 2.06 bits per heavy atom. The van der Waals surface area contributed by atoms with E-state index in [1.807, 2.05) is 6.92 Å². The van der Waals surface area contributed by atoms with Gasteiger partial charge in [-0.2, -0.15) is 0 Å². The smallest absolute Gasteiger partial charge is 0.136 e. The molecule has 1 N–H and O–H groups in total. The van der Waals surface area contributed by atoms with E-state index in [9.17, 15) is 9.90 Å². The van der Waals surface area contributed by atoms with Gasteiger partial charge < -0.3 is 5.11 Å². The molecule has 0 heterocycles. The van der Waals surface area contributed by atoms with Gasteiger partial charge in [0.25, 0.3) is 0 Å². The molecule has 2 nitrogen and oxygen atoms in total. The molecule has 2 bridgehead atoms. The zero-order chi connectivity index (χ0) is 12.1. The zero-order valence-corrected chi connectivity index (χ0v) is 11.9. The van der Waals surface area contributed by atoms with E-state index in [0.29, 0.717) is 18.1 Å². The first kappa shape index (κ1) is 12.3. The standard InChI is InChI=1S/C13H24O2Si/c1-5-10(14)12-9-6-7-13(12,11(15)8-9)16(2,3)4/h9,11-12,15H,5-8H2,1-4H3. The second-order valence-corrected chi connectivity index (χ2v) is 12.1. The Morgan fingerprint density at radius 1 is 1.44 bits per heavy atom. The van der Waals surface area contributed by atoms with Crippen LogP contribution >= 0.6 is 0 Å². The summed E-state index contributed by atoms with van der Waals surface area (Å²) in [5.74, 6) is 1.06. The topological polar surface area (TPSA) is 37.3 Å². The molecule has 2 fully saturated rings. The van der Waals surface area contributed by atoms with Crippen molar-refractivity contribution in [2.24, 2.45) is 11.8 Å². The van der Waals surface area contributed by atoms with Gasteiger partial charge in [-0.15, -0.1) is 0 Å². The Bertz CT molecular complexity index is 308. The van der Waals surface area contributed by atoms with Gasteiger partial charge in [0.15, 0.2) is 0 Å². The van der Waals surface area contributed by atoms with Gasteiger partial charge >= 0.3 is 0 Å². The summed E-state index contributed by atoms with van der Waals surface area (Å²) >= 11 is 0. The molecule has 4 atom stereocenters. The molecule has 2 aliphatic carbocycles. The van der Waals surface area contributed by atoms with Crippen molar-refractivity contribution in [3.63, 3.8) is 0 Å². The first-order valence-electron chi connectivity index (χ1n) is 6.55. The highest BCUT2D eigenvalue weighted by atomic mass is 28.3. The van der Waals surface area contributed by atoms with Crippen LogP contribution in [0.2, 0.25) is 24.7 Å². The summed E-state index contributed by atoms with van der Waals surface area (Å²) in [5.41, 5.74) is 0. The van der Waals surface area contributed by atoms with E-state index in [1.54, 1.807) is 0 Å². The van der Waals surface area contributed by atoms with E-state index < -0.39 is 8.07 Å². The number of rotatable bonds is 3. The van der Waals surface area contributed by atoms with Crippen molar-refractivity contribution in [3.8, 4) is 0 Å². The Kier molecular flexibility index (Phi) is 2.82. The lowest BCUT2D eigenvalue weighted by Crippen LogP contribution is -2.48. The minimum atomic E-state index is -1.51. The zero-order valence-electron chi connectivity index (χ0n) is 10.9. The second kappa shape index (κ2) is 3.67. The molecular weight excluding hydrogens is 216 g/mol. The lowest BCUT2D eigenvalue weighted by atomic mass is 9.90. The van der Waals surface area contributed by atoms with Crippen LogP contribution in [-0.2, 0) is 4.79 Å². The van der Waals surface area contributed by atoms with Crippen LogP contribution in [0.25, 0.3) is 0 Å². The molecule has 2 saturated carbocycles. The maximum Gasteiger partial charge on any atom is 0.136 e. The normalized spacial score (nSPS) is 42.7. The molecule has 92 valence electrons. The Morgan fingerprint density at radius 3 is 2.50 bits per heavy atom. The van der Waals surface area contributed by atoms with Crippen LogP contribution in [0.5, 0.6) is 0 Å². The van der Waals surface area contributed by atoms with E-state index >= 15 is 0 Å². The average molecular weight is 240 g/mol. The van der Waals surface area contributed by atoms with Crippen LogP contribution in [0, 0.1) is 11.8 Å². The lowest BCUT2D eigenvalue weighted by molar-refractivity contribution is -0.124. The number of Topliss-reactive ketones (excluding diaryl/α,β-unsaturated/α-hetero) is 1. The number of carbonyl (C=O) groups excluding carboxylic acids is 1. The van der Waals surface area contributed by atoms with E-state index in [2.05, 4.69) is 19.6 Å². The predicted molar refractivity (Wildman–Crippen MR) is 68.2 cm³/mol. The van der Waals surface area contributed by atoms with Crippen molar-refractivity contribution in [2.45, 2.75) is 63.4 Å². The third-order valence-electron chi connectivity index (χ3n) is 5.17. The van der Waals surface area contributed by atoms with E-state index in [0.717, 1.165) is 19.3 Å². The van der Waals surface area contributed by atoms with Gasteiger partial charge in [-0.1, -0.05) is 26.6 Å². The third-order valence-corrected chi connectivity index (χ3v) is 8.85. The highest BCUT2D eigenvalue weighted by Crippen LogP contribution is 2.68. The molecule has 2 aliphatic rings. The molecule has 0 aliphatic heterocycles. The van der Waals surface area contributed by atoms with Crippen LogP contribution in [0.3, 0.4) is 0 Å². The van der Waals surface area contributed by atoms with Gasteiger partial charge in [0.1, 0.15) is 5.78 Å². The summed E-state index contributed by atoms with van der Waals surface area (Å²) in [6.45, 7) is 8.92. The number of aliphatic hydroxyl groups is 1. The van der Waals surface area contributed by atoms with Crippen LogP contribution in [-0.4, -0.2) is 25.1 Å². The minimum absolute atomic E-state index is 0.00917. The maximum absolute atomic E-state index is 12.2. The van der Waals surface area contributed by atoms with E-state index in [1.165, 1.54) is 0 Å². The fourth-order valence-corrected chi connectivity index (χ4v) is 7.74. The number of hydrogen-bond donors (Lipinski definition) is 1. The van der Waals surface area contributed by atoms with Gasteiger partial charge in [-0.05, 0) is 25.2 Å². The fourth-order valence-electron chi connectivity index (χ4n) is 4.40. The highest BCUT2D eigenvalue weighted by molar-refractivity contribution is 6.79. The number of ketones is 1. The van der Waals surface area contributed by atoms with E-state index in [4.69, 9.17) is 0 Å². The van der Waals surface area contributed by atoms with Crippen LogP contribution < -0.4 is 0 Å². The molecule has 0 spiro atoms. The van der Waals surface area contributed by atoms with Crippen molar-refractivity contribution in [2.75, 3.05) is 0 Å². The maximum atomic E-state index is 12.2. The van der Waals surface area contributed by atoms with Crippen molar-refractivity contribution < 1.29 is 9.90 Å². The molecule has 0 aromatic rings. The number of hydrogen-bond acceptors (Lipinski definition) is 2. The molecule has 2 rings (SSSR count). The summed E-state index contributed by atoms with van der Waals surface area (Å²) in [6.07, 6.45) is 3.56. The Labute approximate surface area is 99.4 Å². The van der Waals surface area contributed by atoms with Crippen LogP contribution in [0.15, 0.2) is 0 Å². The molecule has 4 unspecified atom stereocenters. The van der Waals surface area contributed by atoms with Crippen molar-refractivity contribution in [1.82, 2.24) is 0 Å². The van der Waals surface area contributed by atoms with Gasteiger partial charge in [0, 0.05) is 17.4 Å². The van der Waals surface area contributed by atoms with Gasteiger partial charge in [0.2, 0.25) is 0 Å². The van der Waals surface area contributed by atoms with Gasteiger partial charge in [-0.25, -0.2) is 0 Å². The van der Waals surface area contributed by atoms with Gasteiger partial charge in [-0.3, -0.25) is 4.79 Å². The highest BCUT2D eigenvalue weighted by Gasteiger charge is 2.65. The minimum Gasteiger partial charge on any atom is -0.393 e. The number of aliphatic hydroxyl groups excluding tert-OH is 1. The predicted octanol–water partition coefficient (Wildman–Crippen LogP) is 2.83. The molecule has 3 heteroatoms. The molecular formula is C13H24O2Si. The monoisotopic (exact) mass is 240 g/mol. The van der Waals surface area contributed by atoms with Crippen molar-refractivity contribution >= 4 is 13.9 Å². The molecule has 0 aromatic heterocycles. The van der Waals surface area contributed by atoms with Crippen LogP contribution in [0.1, 0.15) is 32.6 Å². The molecule has 0 amide bonds. The van der Waals surface area contributed by atoms with Crippen LogP contribution in [0.4, 0.5) is 0 Å². The SMILES string of the molecule is CCC(=O)C1C2CCC1([Si](C)(C)C)C(O)C2. The summed E-state index contributed by atoms with van der Waals surface area (Å²) < 4.78 is 0. The number of fused-ring (bicyclic) bond motifs is 2.